The summed E-state index contributed by atoms with van der Waals surface area (Å²) in [7, 11) is 0. The predicted octanol–water partition coefficient (Wildman–Crippen LogP) is 3.04. The molecule has 0 radical (unpaired) electrons. The van der Waals surface area contributed by atoms with Gasteiger partial charge in [0.25, 0.3) is 0 Å². The average molecular weight is 285 g/mol. The number of aromatic nitrogens is 2. The van der Waals surface area contributed by atoms with Gasteiger partial charge in [-0.05, 0) is 45.3 Å². The molecule has 0 saturated carbocycles. The molecule has 112 valence electrons. The highest BCUT2D eigenvalue weighted by Gasteiger charge is 2.37. The molecule has 1 saturated heterocycles. The molecule has 0 amide bonds. The van der Waals surface area contributed by atoms with Gasteiger partial charge in [0, 0.05) is 5.41 Å². The average Bonchev–Trinajstić information content (AvgIpc) is 3.00. The standard InChI is InChI=1S/C17H23N3O/c1-16(2,13-7-5-4-6-8-13)14-19-15(21-20-14)17(3)9-11-18-12-10-17/h4-8,18H,9-12H2,1-3H3. The van der Waals surface area contributed by atoms with E-state index in [1.807, 2.05) is 18.2 Å². The molecule has 2 aromatic rings. The number of nitrogens with one attached hydrogen (secondary N) is 1. The van der Waals surface area contributed by atoms with Crippen LogP contribution in [0.3, 0.4) is 0 Å². The lowest BCUT2D eigenvalue weighted by Gasteiger charge is -2.30. The molecule has 0 unspecified atom stereocenters. The molecule has 0 aliphatic carbocycles. The van der Waals surface area contributed by atoms with Crippen molar-refractivity contribution >= 4 is 0 Å². The maximum atomic E-state index is 5.63. The summed E-state index contributed by atoms with van der Waals surface area (Å²) in [6.45, 7) is 8.52. The molecule has 1 N–H and O–H groups in total. The maximum absolute atomic E-state index is 5.63. The number of rotatable bonds is 3. The molecule has 0 spiro atoms. The van der Waals surface area contributed by atoms with Gasteiger partial charge in [0.1, 0.15) is 0 Å². The number of benzene rings is 1. The van der Waals surface area contributed by atoms with Gasteiger partial charge in [0.2, 0.25) is 5.89 Å². The van der Waals surface area contributed by atoms with Crippen LogP contribution in [0.2, 0.25) is 0 Å². The first-order valence-electron chi connectivity index (χ1n) is 7.63. The molecule has 4 heteroatoms. The van der Waals surface area contributed by atoms with E-state index in [4.69, 9.17) is 9.51 Å². The second-order valence-corrected chi connectivity index (χ2v) is 6.72. The van der Waals surface area contributed by atoms with Crippen molar-refractivity contribution in [3.63, 3.8) is 0 Å². The Bertz CT molecular complexity index is 598. The lowest BCUT2D eigenvalue weighted by molar-refractivity contribution is 0.240. The smallest absolute Gasteiger partial charge is 0.232 e. The molecule has 1 aromatic heterocycles. The third kappa shape index (κ3) is 2.60. The van der Waals surface area contributed by atoms with E-state index in [1.54, 1.807) is 0 Å². The summed E-state index contributed by atoms with van der Waals surface area (Å²) < 4.78 is 5.63. The van der Waals surface area contributed by atoms with Crippen LogP contribution in [0.25, 0.3) is 0 Å². The minimum absolute atomic E-state index is 0.00324. The van der Waals surface area contributed by atoms with Crippen molar-refractivity contribution in [2.45, 2.75) is 44.4 Å². The van der Waals surface area contributed by atoms with Crippen molar-refractivity contribution in [1.29, 1.82) is 0 Å². The summed E-state index contributed by atoms with van der Waals surface area (Å²) in [6.07, 6.45) is 2.08. The van der Waals surface area contributed by atoms with Crippen molar-refractivity contribution in [1.82, 2.24) is 15.5 Å². The summed E-state index contributed by atoms with van der Waals surface area (Å²) in [6, 6.07) is 10.3. The van der Waals surface area contributed by atoms with Gasteiger partial charge in [-0.2, -0.15) is 4.98 Å². The van der Waals surface area contributed by atoms with E-state index in [9.17, 15) is 0 Å². The SMILES string of the molecule is CC1(c2nc(C(C)(C)c3ccccc3)no2)CCNCC1. The van der Waals surface area contributed by atoms with E-state index in [-0.39, 0.29) is 10.8 Å². The maximum Gasteiger partial charge on any atom is 0.232 e. The monoisotopic (exact) mass is 285 g/mol. The van der Waals surface area contributed by atoms with Crippen molar-refractivity contribution in [3.05, 3.63) is 47.6 Å². The van der Waals surface area contributed by atoms with Crippen LogP contribution in [-0.4, -0.2) is 23.2 Å². The number of nitrogens with zero attached hydrogens (tertiary/aromatic N) is 2. The second kappa shape index (κ2) is 5.26. The van der Waals surface area contributed by atoms with Crippen LogP contribution in [0.5, 0.6) is 0 Å². The van der Waals surface area contributed by atoms with E-state index in [1.165, 1.54) is 5.56 Å². The molecule has 21 heavy (non-hydrogen) atoms. The van der Waals surface area contributed by atoms with Crippen LogP contribution in [0.15, 0.2) is 34.9 Å². The topological polar surface area (TPSA) is 51.0 Å². The normalized spacial score (nSPS) is 18.6. The Labute approximate surface area is 126 Å². The van der Waals surface area contributed by atoms with Crippen LogP contribution in [0.4, 0.5) is 0 Å². The minimum atomic E-state index is -0.244. The first-order chi connectivity index (χ1) is 10.0. The molecule has 0 atom stereocenters. The summed E-state index contributed by atoms with van der Waals surface area (Å²) in [5.41, 5.74) is 0.961. The number of piperidine rings is 1. The van der Waals surface area contributed by atoms with Crippen LogP contribution in [-0.2, 0) is 10.8 Å². The molecule has 4 nitrogen and oxygen atoms in total. The molecule has 1 fully saturated rings. The third-order valence-corrected chi connectivity index (χ3v) is 4.70. The lowest BCUT2D eigenvalue weighted by Crippen LogP contribution is -2.38. The highest BCUT2D eigenvalue weighted by molar-refractivity contribution is 5.30. The van der Waals surface area contributed by atoms with Crippen LogP contribution in [0, 0.1) is 0 Å². The van der Waals surface area contributed by atoms with E-state index in [2.05, 4.69) is 43.4 Å². The number of hydrogen-bond acceptors (Lipinski definition) is 4. The zero-order valence-corrected chi connectivity index (χ0v) is 13.0. The first-order valence-corrected chi connectivity index (χ1v) is 7.63. The van der Waals surface area contributed by atoms with E-state index < -0.39 is 0 Å². The van der Waals surface area contributed by atoms with Crippen molar-refractivity contribution in [2.75, 3.05) is 13.1 Å². The fraction of sp³-hybridized carbons (Fsp3) is 0.529. The Morgan fingerprint density at radius 1 is 1.14 bits per heavy atom. The van der Waals surface area contributed by atoms with Crippen LogP contribution in [0.1, 0.15) is 50.9 Å². The van der Waals surface area contributed by atoms with Gasteiger partial charge < -0.3 is 9.84 Å². The Morgan fingerprint density at radius 3 is 2.48 bits per heavy atom. The lowest BCUT2D eigenvalue weighted by atomic mass is 9.80. The van der Waals surface area contributed by atoms with Gasteiger partial charge >= 0.3 is 0 Å². The van der Waals surface area contributed by atoms with Gasteiger partial charge in [-0.15, -0.1) is 0 Å². The first kappa shape index (κ1) is 14.3. The summed E-state index contributed by atoms with van der Waals surface area (Å²) in [4.78, 5) is 4.75. The molecular formula is C17H23N3O. The van der Waals surface area contributed by atoms with E-state index in [0.717, 1.165) is 37.6 Å². The van der Waals surface area contributed by atoms with Gasteiger partial charge in [-0.3, -0.25) is 0 Å². The zero-order chi connectivity index (χ0) is 14.9. The Kier molecular flexibility index (Phi) is 3.57. The van der Waals surface area contributed by atoms with Crippen LogP contribution >= 0.6 is 0 Å². The van der Waals surface area contributed by atoms with Gasteiger partial charge in [-0.1, -0.05) is 42.4 Å². The van der Waals surface area contributed by atoms with Crippen LogP contribution < -0.4 is 5.32 Å². The fourth-order valence-electron chi connectivity index (χ4n) is 2.90. The number of hydrogen-bond donors (Lipinski definition) is 1. The van der Waals surface area contributed by atoms with Gasteiger partial charge in [0.05, 0.1) is 5.41 Å². The third-order valence-electron chi connectivity index (χ3n) is 4.70. The minimum Gasteiger partial charge on any atom is -0.339 e. The highest BCUT2D eigenvalue weighted by atomic mass is 16.5. The van der Waals surface area contributed by atoms with E-state index >= 15 is 0 Å². The van der Waals surface area contributed by atoms with Crippen molar-refractivity contribution < 1.29 is 4.52 Å². The summed E-state index contributed by atoms with van der Waals surface area (Å²) >= 11 is 0. The molecule has 3 rings (SSSR count). The molecule has 2 heterocycles. The van der Waals surface area contributed by atoms with E-state index in [0.29, 0.717) is 0 Å². The van der Waals surface area contributed by atoms with Gasteiger partial charge in [0.15, 0.2) is 5.82 Å². The molecular weight excluding hydrogens is 262 g/mol. The molecule has 0 bridgehead atoms. The molecule has 1 aliphatic heterocycles. The summed E-state index contributed by atoms with van der Waals surface area (Å²) in [5.74, 6) is 1.55. The second-order valence-electron chi connectivity index (χ2n) is 6.72. The molecule has 1 aliphatic rings. The van der Waals surface area contributed by atoms with Gasteiger partial charge in [-0.25, -0.2) is 0 Å². The zero-order valence-electron chi connectivity index (χ0n) is 13.0. The Balaban J connectivity index is 1.91. The Hall–Kier alpha value is -1.68. The Morgan fingerprint density at radius 2 is 1.81 bits per heavy atom. The van der Waals surface area contributed by atoms with Crippen molar-refractivity contribution in [3.8, 4) is 0 Å². The van der Waals surface area contributed by atoms with Crippen molar-refractivity contribution in [2.24, 2.45) is 0 Å². The summed E-state index contributed by atoms with van der Waals surface area (Å²) in [5, 5.41) is 7.66. The highest BCUT2D eigenvalue weighted by Crippen LogP contribution is 2.35. The fourth-order valence-corrected chi connectivity index (χ4v) is 2.90. The quantitative estimate of drug-likeness (QED) is 0.941. The predicted molar refractivity (Wildman–Crippen MR) is 82.3 cm³/mol. The largest absolute Gasteiger partial charge is 0.339 e. The molecule has 1 aromatic carbocycles.